The van der Waals surface area contributed by atoms with Gasteiger partial charge in [0.2, 0.25) is 35.4 Å². The molecule has 14 N–H and O–H groups in total. The average molecular weight is 905 g/mol. The third-order valence-electron chi connectivity index (χ3n) is 9.70. The van der Waals surface area contributed by atoms with Crippen LogP contribution >= 0.6 is 24.4 Å². The molecule has 7 atom stereocenters. The van der Waals surface area contributed by atoms with E-state index in [9.17, 15) is 48.6 Å². The summed E-state index contributed by atoms with van der Waals surface area (Å²) in [5.74, 6) is -7.89. The maximum atomic E-state index is 14.1. The minimum atomic E-state index is -1.73. The van der Waals surface area contributed by atoms with Crippen molar-refractivity contribution in [1.29, 1.82) is 0 Å². The van der Waals surface area contributed by atoms with Gasteiger partial charge in [-0.3, -0.25) is 38.6 Å². The molecule has 1 aliphatic rings. The topological polar surface area (TPSA) is 360 Å². The Labute approximate surface area is 367 Å². The highest BCUT2D eigenvalue weighted by Crippen LogP contribution is 2.20. The van der Waals surface area contributed by atoms with Crippen molar-refractivity contribution in [3.63, 3.8) is 0 Å². The Morgan fingerprint density at radius 2 is 1.50 bits per heavy atom. The van der Waals surface area contributed by atoms with E-state index in [-0.39, 0.29) is 56.9 Å². The van der Waals surface area contributed by atoms with E-state index in [1.165, 1.54) is 29.2 Å². The van der Waals surface area contributed by atoms with Crippen molar-refractivity contribution in [2.75, 3.05) is 30.9 Å². The summed E-state index contributed by atoms with van der Waals surface area (Å²) in [5, 5.41) is 31.2. The number of carbonyl (C=O) groups excluding carboxylic acids is 6. The van der Waals surface area contributed by atoms with Gasteiger partial charge in [0.15, 0.2) is 5.96 Å². The fourth-order valence-electron chi connectivity index (χ4n) is 6.50. The molecule has 22 nitrogen and oxygen atoms in total. The van der Waals surface area contributed by atoms with Gasteiger partial charge in [0.05, 0.1) is 18.8 Å². The van der Waals surface area contributed by atoms with Gasteiger partial charge in [0.1, 0.15) is 36.3 Å². The number of imidazole rings is 1. The van der Waals surface area contributed by atoms with Crippen LogP contribution in [-0.4, -0.2) is 152 Å². The number of nitrogens with zero attached hydrogens (tertiary/aromatic N) is 3. The van der Waals surface area contributed by atoms with E-state index in [4.69, 9.17) is 17.2 Å². The number of nitrogens with two attached hydrogens (primary N) is 3. The molecular weight excluding hydrogens is 849 g/mol. The van der Waals surface area contributed by atoms with Gasteiger partial charge in [-0.1, -0.05) is 30.3 Å². The van der Waals surface area contributed by atoms with Crippen LogP contribution in [-0.2, 0) is 51.2 Å². The van der Waals surface area contributed by atoms with Crippen LogP contribution in [0.25, 0.3) is 0 Å². The molecule has 24 heteroatoms. The zero-order valence-electron chi connectivity index (χ0n) is 34.2. The van der Waals surface area contributed by atoms with Gasteiger partial charge in [-0.05, 0) is 56.1 Å². The van der Waals surface area contributed by atoms with Crippen molar-refractivity contribution in [3.05, 3.63) is 54.1 Å². The minimum absolute atomic E-state index is 0.00662. The zero-order chi connectivity index (χ0) is 45.8. The number of benzene rings is 1. The number of likely N-dealkylation sites (tertiary alicyclic amines) is 1. The van der Waals surface area contributed by atoms with E-state index in [2.05, 4.69) is 54.2 Å². The summed E-state index contributed by atoms with van der Waals surface area (Å²) in [6, 6.07) is 0.101. The van der Waals surface area contributed by atoms with Gasteiger partial charge < -0.3 is 63.9 Å². The lowest BCUT2D eigenvalue weighted by Gasteiger charge is -2.29. The van der Waals surface area contributed by atoms with Crippen LogP contribution in [0.15, 0.2) is 47.8 Å². The predicted molar refractivity (Wildman–Crippen MR) is 231 cm³/mol. The number of carbonyl (C=O) groups is 8. The Balaban J connectivity index is 1.84. The molecule has 2 aromatic rings. The van der Waals surface area contributed by atoms with Crippen molar-refractivity contribution in [1.82, 2.24) is 41.5 Å². The zero-order valence-corrected chi connectivity index (χ0v) is 35.9. The molecule has 340 valence electrons. The number of carboxylic acids is 2. The molecule has 1 aromatic heterocycles. The number of hydrogen-bond donors (Lipinski definition) is 12. The summed E-state index contributed by atoms with van der Waals surface area (Å²) >= 11 is 5.21. The van der Waals surface area contributed by atoms with Crippen molar-refractivity contribution in [2.45, 2.75) is 93.7 Å². The van der Waals surface area contributed by atoms with Gasteiger partial charge in [0.25, 0.3) is 0 Å². The van der Waals surface area contributed by atoms with Crippen molar-refractivity contribution in [2.24, 2.45) is 22.2 Å². The number of thioether (sulfide) groups is 1. The Morgan fingerprint density at radius 3 is 2.08 bits per heavy atom. The first-order valence-corrected chi connectivity index (χ1v) is 21.8. The van der Waals surface area contributed by atoms with E-state index >= 15 is 0 Å². The smallest absolute Gasteiger partial charge is 0.327 e. The molecule has 0 spiro atoms. The lowest BCUT2D eigenvalue weighted by molar-refractivity contribution is -0.143. The van der Waals surface area contributed by atoms with Gasteiger partial charge in [-0.15, -0.1) is 0 Å². The van der Waals surface area contributed by atoms with Gasteiger partial charge in [-0.25, -0.2) is 9.78 Å². The molecular formula is C38H56N12O10S2. The largest absolute Gasteiger partial charge is 0.481 e. The lowest BCUT2D eigenvalue weighted by Crippen LogP contribution is -2.60. The fourth-order valence-corrected chi connectivity index (χ4v) is 7.22. The molecule has 1 fully saturated rings. The number of rotatable bonds is 26. The Hall–Kier alpha value is -5.88. The molecule has 0 radical (unpaired) electrons. The van der Waals surface area contributed by atoms with Gasteiger partial charge >= 0.3 is 11.9 Å². The number of thiol groups is 1. The number of carboxylic acid groups (broad SMARTS) is 2. The second kappa shape index (κ2) is 25.8. The molecule has 3 rings (SSSR count). The third-order valence-corrected chi connectivity index (χ3v) is 10.7. The fraction of sp³-hybridized carbons (Fsp3) is 0.526. The third kappa shape index (κ3) is 16.5. The molecule has 0 aliphatic carbocycles. The highest BCUT2D eigenvalue weighted by atomic mass is 32.2. The normalized spacial score (nSPS) is 16.3. The number of H-pyrrole nitrogens is 1. The maximum Gasteiger partial charge on any atom is 0.327 e. The number of amides is 6. The van der Waals surface area contributed by atoms with Crippen LogP contribution in [0.2, 0.25) is 0 Å². The first-order valence-electron chi connectivity index (χ1n) is 19.7. The monoisotopic (exact) mass is 904 g/mol. The van der Waals surface area contributed by atoms with Crippen LogP contribution in [0, 0.1) is 0 Å². The quantitative estimate of drug-likeness (QED) is 0.0197. The molecule has 62 heavy (non-hydrogen) atoms. The summed E-state index contributed by atoms with van der Waals surface area (Å²) in [5.41, 5.74) is 18.6. The SMILES string of the molecule is CSCC[C@H](NC(=O)[C@H](CCCN=C(N)N)NC(=O)[C@H](Cc1cnc[nH]1)NC(=O)[C@@H]1CCCN1C(=O)[C@@H](N)Cc1ccccc1)C(=O)N[C@@H](CC(=O)O)C(=O)N[C@@H](CS)C(=O)O. The number of aliphatic carboxylic acids is 2. The summed E-state index contributed by atoms with van der Waals surface area (Å²) < 4.78 is 0. The molecule has 2 heterocycles. The molecule has 1 aliphatic heterocycles. The predicted octanol–water partition coefficient (Wildman–Crippen LogP) is -2.77. The first-order chi connectivity index (χ1) is 29.5. The standard InChI is InChI=1S/C38H56N12O10S2/c1-62-14-11-25(32(54)47-27(17-30(51)52)34(56)49-28(19-61)37(59)60)46-31(53)24(9-5-12-43-38(40)41)45-33(55)26(16-22-18-42-20-44-22)48-35(57)29-10-6-13-50(29)36(58)23(39)15-21-7-3-2-4-8-21/h2-4,7-8,18,20,23-29,61H,5-6,9-17,19,39H2,1H3,(H,42,44)(H,45,55)(H,46,53)(H,47,54)(H,48,57)(H,49,56)(H,51,52)(H,59,60)(H4,40,41,43)/t23-,24-,25-,26-,27-,28-,29-/m0/s1. The van der Waals surface area contributed by atoms with E-state index < -0.39 is 96.1 Å². The van der Waals surface area contributed by atoms with Gasteiger partial charge in [-0.2, -0.15) is 24.4 Å². The van der Waals surface area contributed by atoms with Crippen molar-refractivity contribution in [3.8, 4) is 0 Å². The minimum Gasteiger partial charge on any atom is -0.481 e. The van der Waals surface area contributed by atoms with Crippen LogP contribution in [0.5, 0.6) is 0 Å². The number of aromatic amines is 1. The molecule has 6 amide bonds. The molecule has 0 saturated carbocycles. The number of nitrogens with one attached hydrogen (secondary N) is 6. The summed E-state index contributed by atoms with van der Waals surface area (Å²) in [6.45, 7) is 0.334. The maximum absolute atomic E-state index is 14.1. The first kappa shape index (κ1) is 50.5. The highest BCUT2D eigenvalue weighted by Gasteiger charge is 2.39. The number of guanidine groups is 1. The Kier molecular flexibility index (Phi) is 21.0. The van der Waals surface area contributed by atoms with Crippen LogP contribution in [0.3, 0.4) is 0 Å². The highest BCUT2D eigenvalue weighted by molar-refractivity contribution is 7.98. The lowest BCUT2D eigenvalue weighted by atomic mass is 10.0. The molecule has 0 bridgehead atoms. The van der Waals surface area contributed by atoms with E-state index in [1.807, 2.05) is 30.3 Å². The summed E-state index contributed by atoms with van der Waals surface area (Å²) in [7, 11) is 0. The van der Waals surface area contributed by atoms with Gasteiger partial charge in [0, 0.05) is 37.2 Å². The van der Waals surface area contributed by atoms with E-state index in [0.29, 0.717) is 24.3 Å². The second-order valence-electron chi connectivity index (χ2n) is 14.4. The van der Waals surface area contributed by atoms with E-state index in [0.717, 1.165) is 5.56 Å². The number of aromatic nitrogens is 2. The second-order valence-corrected chi connectivity index (χ2v) is 15.8. The number of aliphatic imine (C=N–C) groups is 1. The Bertz CT molecular complexity index is 1870. The summed E-state index contributed by atoms with van der Waals surface area (Å²) in [6.07, 6.45) is 4.73. The molecule has 1 aromatic carbocycles. The number of hydrogen-bond acceptors (Lipinski definition) is 13. The average Bonchev–Trinajstić information content (AvgIpc) is 3.94. The van der Waals surface area contributed by atoms with Crippen LogP contribution < -0.4 is 43.8 Å². The molecule has 0 unspecified atom stereocenters. The summed E-state index contributed by atoms with van der Waals surface area (Å²) in [4.78, 5) is 117. The van der Waals surface area contributed by atoms with Crippen molar-refractivity contribution >= 4 is 77.7 Å². The van der Waals surface area contributed by atoms with E-state index in [1.54, 1.807) is 6.26 Å². The Morgan fingerprint density at radius 1 is 0.887 bits per heavy atom. The van der Waals surface area contributed by atoms with Crippen LogP contribution in [0.4, 0.5) is 0 Å². The van der Waals surface area contributed by atoms with Crippen LogP contribution in [0.1, 0.15) is 49.8 Å². The molecule has 1 saturated heterocycles. The van der Waals surface area contributed by atoms with Crippen molar-refractivity contribution < 1.29 is 48.6 Å².